The summed E-state index contributed by atoms with van der Waals surface area (Å²) in [5.41, 5.74) is -0.102. The SMILES string of the molecule is CC(C)NC[C@]1(O)C(=O)Nc2ccccc21. The van der Waals surface area contributed by atoms with Crippen LogP contribution in [0.4, 0.5) is 5.69 Å². The third kappa shape index (κ3) is 1.70. The molecule has 1 heterocycles. The molecule has 0 spiro atoms. The average molecular weight is 220 g/mol. The standard InChI is InChI=1S/C12H16N2O2/c1-8(2)13-7-12(16)9-5-3-4-6-10(9)14-11(12)15/h3-6,8,13,16H,7H2,1-2H3,(H,14,15)/t12-/m1/s1. The lowest BCUT2D eigenvalue weighted by Gasteiger charge is -2.22. The molecule has 0 bridgehead atoms. The number of nitrogens with one attached hydrogen (secondary N) is 2. The molecule has 1 amide bonds. The van der Waals surface area contributed by atoms with Crippen LogP contribution in [0.1, 0.15) is 19.4 Å². The zero-order valence-corrected chi connectivity index (χ0v) is 9.45. The maximum atomic E-state index is 11.8. The number of rotatable bonds is 3. The second kappa shape index (κ2) is 3.88. The normalized spacial score (nSPS) is 23.4. The van der Waals surface area contributed by atoms with Crippen molar-refractivity contribution >= 4 is 11.6 Å². The molecule has 1 aliphatic heterocycles. The van der Waals surface area contributed by atoms with Gasteiger partial charge in [-0.3, -0.25) is 4.79 Å². The lowest BCUT2D eigenvalue weighted by Crippen LogP contribution is -2.45. The van der Waals surface area contributed by atoms with Gasteiger partial charge in [0.1, 0.15) is 0 Å². The van der Waals surface area contributed by atoms with Gasteiger partial charge in [-0.25, -0.2) is 0 Å². The molecule has 1 aromatic carbocycles. The Bertz CT molecular complexity index is 417. The number of carbonyl (C=O) groups is 1. The Morgan fingerprint density at radius 2 is 2.12 bits per heavy atom. The molecule has 1 atom stereocenters. The summed E-state index contributed by atoms with van der Waals surface area (Å²) in [7, 11) is 0. The Morgan fingerprint density at radius 3 is 2.81 bits per heavy atom. The first-order chi connectivity index (χ1) is 7.54. The predicted octanol–water partition coefficient (Wildman–Crippen LogP) is 0.824. The number of amides is 1. The number of hydrogen-bond donors (Lipinski definition) is 3. The molecule has 4 heteroatoms. The van der Waals surface area contributed by atoms with Crippen LogP contribution in [0.5, 0.6) is 0 Å². The van der Waals surface area contributed by atoms with Crippen LogP contribution < -0.4 is 10.6 Å². The minimum Gasteiger partial charge on any atom is -0.374 e. The van der Waals surface area contributed by atoms with E-state index in [1.165, 1.54) is 0 Å². The highest BCUT2D eigenvalue weighted by Gasteiger charge is 2.44. The van der Waals surface area contributed by atoms with E-state index in [1.54, 1.807) is 12.1 Å². The van der Waals surface area contributed by atoms with E-state index < -0.39 is 5.60 Å². The summed E-state index contributed by atoms with van der Waals surface area (Å²) in [5, 5.41) is 16.2. The highest BCUT2D eigenvalue weighted by atomic mass is 16.3. The van der Waals surface area contributed by atoms with E-state index in [-0.39, 0.29) is 18.5 Å². The van der Waals surface area contributed by atoms with Crippen molar-refractivity contribution in [3.05, 3.63) is 29.8 Å². The quantitative estimate of drug-likeness (QED) is 0.707. The molecule has 1 aromatic rings. The lowest BCUT2D eigenvalue weighted by atomic mass is 9.95. The Hall–Kier alpha value is -1.39. The second-order valence-corrected chi connectivity index (χ2v) is 4.40. The Morgan fingerprint density at radius 1 is 1.44 bits per heavy atom. The number of aliphatic hydroxyl groups is 1. The summed E-state index contributed by atoms with van der Waals surface area (Å²) in [6.07, 6.45) is 0. The maximum absolute atomic E-state index is 11.8. The number of para-hydroxylation sites is 1. The van der Waals surface area contributed by atoms with Gasteiger partial charge < -0.3 is 15.7 Å². The fourth-order valence-corrected chi connectivity index (χ4v) is 1.83. The van der Waals surface area contributed by atoms with Gasteiger partial charge in [0.25, 0.3) is 5.91 Å². The van der Waals surface area contributed by atoms with Crippen molar-refractivity contribution in [3.8, 4) is 0 Å². The molecule has 0 saturated heterocycles. The van der Waals surface area contributed by atoms with Crippen molar-refractivity contribution in [2.24, 2.45) is 0 Å². The minimum atomic E-state index is -1.44. The summed E-state index contributed by atoms with van der Waals surface area (Å²) in [6.45, 7) is 4.18. The van der Waals surface area contributed by atoms with Gasteiger partial charge in [0.05, 0.1) is 0 Å². The molecule has 3 N–H and O–H groups in total. The van der Waals surface area contributed by atoms with Crippen molar-refractivity contribution < 1.29 is 9.90 Å². The van der Waals surface area contributed by atoms with Gasteiger partial charge in [0.2, 0.25) is 0 Å². The van der Waals surface area contributed by atoms with E-state index in [9.17, 15) is 9.90 Å². The Balaban J connectivity index is 2.30. The Labute approximate surface area is 94.7 Å². The van der Waals surface area contributed by atoms with Gasteiger partial charge in [-0.05, 0) is 6.07 Å². The number of benzene rings is 1. The summed E-state index contributed by atoms with van der Waals surface area (Å²) in [4.78, 5) is 11.8. The van der Waals surface area contributed by atoms with Crippen LogP contribution in [0, 0.1) is 0 Å². The zero-order valence-electron chi connectivity index (χ0n) is 9.45. The van der Waals surface area contributed by atoms with Crippen molar-refractivity contribution in [2.75, 3.05) is 11.9 Å². The number of carbonyl (C=O) groups excluding carboxylic acids is 1. The first-order valence-corrected chi connectivity index (χ1v) is 5.41. The lowest BCUT2D eigenvalue weighted by molar-refractivity contribution is -0.133. The summed E-state index contributed by atoms with van der Waals surface area (Å²) in [6, 6.07) is 7.44. The van der Waals surface area contributed by atoms with Crippen LogP contribution in [-0.4, -0.2) is 23.6 Å². The molecule has 86 valence electrons. The number of anilines is 1. The molecule has 0 aromatic heterocycles. The third-order valence-electron chi connectivity index (χ3n) is 2.76. The van der Waals surface area contributed by atoms with Gasteiger partial charge in [0.15, 0.2) is 5.60 Å². The van der Waals surface area contributed by atoms with Gasteiger partial charge in [-0.2, -0.15) is 0 Å². The molecular formula is C12H16N2O2. The monoisotopic (exact) mass is 220 g/mol. The maximum Gasteiger partial charge on any atom is 0.262 e. The molecule has 0 aliphatic carbocycles. The second-order valence-electron chi connectivity index (χ2n) is 4.40. The van der Waals surface area contributed by atoms with Crippen LogP contribution >= 0.6 is 0 Å². The zero-order chi connectivity index (χ0) is 11.8. The highest BCUT2D eigenvalue weighted by molar-refractivity contribution is 6.05. The van der Waals surface area contributed by atoms with Crippen LogP contribution in [0.25, 0.3) is 0 Å². The largest absolute Gasteiger partial charge is 0.374 e. The molecule has 0 fully saturated rings. The van der Waals surface area contributed by atoms with Gasteiger partial charge in [-0.15, -0.1) is 0 Å². The molecule has 0 radical (unpaired) electrons. The van der Waals surface area contributed by atoms with E-state index in [1.807, 2.05) is 26.0 Å². The third-order valence-corrected chi connectivity index (χ3v) is 2.76. The number of hydrogen-bond acceptors (Lipinski definition) is 3. The molecular weight excluding hydrogens is 204 g/mol. The first kappa shape index (κ1) is 11.1. The fraction of sp³-hybridized carbons (Fsp3) is 0.417. The fourth-order valence-electron chi connectivity index (χ4n) is 1.83. The van der Waals surface area contributed by atoms with Crippen LogP contribution in [0.3, 0.4) is 0 Å². The van der Waals surface area contributed by atoms with Crippen LogP contribution in [0.15, 0.2) is 24.3 Å². The number of fused-ring (bicyclic) bond motifs is 1. The summed E-state index contributed by atoms with van der Waals surface area (Å²) in [5.74, 6) is -0.359. The van der Waals surface area contributed by atoms with Crippen molar-refractivity contribution in [1.29, 1.82) is 0 Å². The van der Waals surface area contributed by atoms with E-state index >= 15 is 0 Å². The van der Waals surface area contributed by atoms with E-state index in [2.05, 4.69) is 10.6 Å². The predicted molar refractivity (Wildman–Crippen MR) is 62.1 cm³/mol. The highest BCUT2D eigenvalue weighted by Crippen LogP contribution is 2.35. The van der Waals surface area contributed by atoms with E-state index in [0.29, 0.717) is 11.3 Å². The summed E-state index contributed by atoms with van der Waals surface area (Å²) < 4.78 is 0. The van der Waals surface area contributed by atoms with Crippen LogP contribution in [0.2, 0.25) is 0 Å². The molecule has 16 heavy (non-hydrogen) atoms. The Kier molecular flexibility index (Phi) is 2.69. The van der Waals surface area contributed by atoms with Gasteiger partial charge in [0, 0.05) is 23.8 Å². The molecule has 1 aliphatic rings. The first-order valence-electron chi connectivity index (χ1n) is 5.41. The molecule has 0 saturated carbocycles. The van der Waals surface area contributed by atoms with Crippen molar-refractivity contribution in [3.63, 3.8) is 0 Å². The van der Waals surface area contributed by atoms with Crippen molar-refractivity contribution in [2.45, 2.75) is 25.5 Å². The van der Waals surface area contributed by atoms with E-state index in [0.717, 1.165) is 0 Å². The molecule has 4 nitrogen and oxygen atoms in total. The minimum absolute atomic E-state index is 0.226. The molecule has 0 unspecified atom stereocenters. The smallest absolute Gasteiger partial charge is 0.262 e. The van der Waals surface area contributed by atoms with Gasteiger partial charge >= 0.3 is 0 Å². The topological polar surface area (TPSA) is 61.4 Å². The average Bonchev–Trinajstić information content (AvgIpc) is 2.50. The van der Waals surface area contributed by atoms with Crippen LogP contribution in [-0.2, 0) is 10.4 Å². The summed E-state index contributed by atoms with van der Waals surface area (Å²) >= 11 is 0. The van der Waals surface area contributed by atoms with E-state index in [4.69, 9.17) is 0 Å². The molecule has 2 rings (SSSR count). The van der Waals surface area contributed by atoms with Crippen molar-refractivity contribution in [1.82, 2.24) is 5.32 Å². The van der Waals surface area contributed by atoms with Gasteiger partial charge in [-0.1, -0.05) is 32.0 Å².